The van der Waals surface area contributed by atoms with Gasteiger partial charge in [-0.05, 0) is 49.3 Å². The monoisotopic (exact) mass is 528 g/mol. The number of hydrogen-bond acceptors (Lipinski definition) is 7. The predicted molar refractivity (Wildman–Crippen MR) is 148 cm³/mol. The minimum absolute atomic E-state index is 0.0745. The number of H-pyrrole nitrogens is 1. The van der Waals surface area contributed by atoms with Gasteiger partial charge in [0.15, 0.2) is 0 Å². The van der Waals surface area contributed by atoms with Crippen molar-refractivity contribution < 1.29 is 28.6 Å². The van der Waals surface area contributed by atoms with Crippen LogP contribution in [-0.2, 0) is 19.1 Å². The zero-order valence-corrected chi connectivity index (χ0v) is 23.1. The summed E-state index contributed by atoms with van der Waals surface area (Å²) in [5, 5.41) is 9.86. The van der Waals surface area contributed by atoms with Gasteiger partial charge in [-0.3, -0.25) is 14.9 Å². The number of aromatic amines is 1. The molecular weight excluding hydrogens is 487 g/mol. The first-order valence-corrected chi connectivity index (χ1v) is 13.4. The number of nitrogens with one attached hydrogen (secondary N) is 4. The molecule has 4 N–H and O–H groups in total. The third kappa shape index (κ3) is 7.98. The van der Waals surface area contributed by atoms with Crippen LogP contribution in [0.3, 0.4) is 0 Å². The van der Waals surface area contributed by atoms with Crippen molar-refractivity contribution in [1.82, 2.24) is 20.9 Å². The fraction of sp³-hybridized carbons (Fsp3) is 0.593. The van der Waals surface area contributed by atoms with Crippen molar-refractivity contribution in [3.8, 4) is 5.75 Å². The molecule has 10 nitrogen and oxygen atoms in total. The SMILES string of the molecule is CBCC1C[C@@H](C[C@H](NC(=O)[C@H](CC(C)C)NC(=O)c2cc3c(OC)cccc3[nH]2)C(=O)OC)COCN1. The van der Waals surface area contributed by atoms with E-state index in [0.29, 0.717) is 43.7 Å². The van der Waals surface area contributed by atoms with Gasteiger partial charge in [0, 0.05) is 16.9 Å². The van der Waals surface area contributed by atoms with E-state index in [1.165, 1.54) is 7.11 Å². The Kier molecular flexibility index (Phi) is 11.0. The minimum atomic E-state index is -0.842. The number of methoxy groups -OCH3 is 2. The molecule has 1 saturated heterocycles. The summed E-state index contributed by atoms with van der Waals surface area (Å²) in [6.45, 7) is 7.05. The summed E-state index contributed by atoms with van der Waals surface area (Å²) in [6, 6.07) is 5.84. The highest BCUT2D eigenvalue weighted by molar-refractivity contribution is 6.33. The van der Waals surface area contributed by atoms with Crippen LogP contribution in [-0.4, -0.2) is 75.7 Å². The molecule has 0 saturated carbocycles. The number of aromatic nitrogens is 1. The molecule has 2 amide bonds. The topological polar surface area (TPSA) is 131 Å². The number of fused-ring (bicyclic) bond motifs is 1. The first-order chi connectivity index (χ1) is 18.2. The van der Waals surface area contributed by atoms with Crippen LogP contribution in [0.4, 0.5) is 0 Å². The number of benzene rings is 1. The van der Waals surface area contributed by atoms with Crippen LogP contribution in [0.2, 0.25) is 13.1 Å². The number of hydrogen-bond donors (Lipinski definition) is 4. The van der Waals surface area contributed by atoms with Crippen molar-refractivity contribution in [2.75, 3.05) is 27.6 Å². The van der Waals surface area contributed by atoms with Crippen LogP contribution in [0.15, 0.2) is 24.3 Å². The highest BCUT2D eigenvalue weighted by atomic mass is 16.5. The van der Waals surface area contributed by atoms with Crippen LogP contribution in [0.1, 0.15) is 43.6 Å². The zero-order valence-electron chi connectivity index (χ0n) is 23.1. The molecule has 0 radical (unpaired) electrons. The molecule has 1 aromatic carbocycles. The van der Waals surface area contributed by atoms with Gasteiger partial charge in [-0.1, -0.05) is 33.1 Å². The average Bonchev–Trinajstić information content (AvgIpc) is 3.22. The molecule has 4 atom stereocenters. The van der Waals surface area contributed by atoms with Crippen molar-refractivity contribution in [3.63, 3.8) is 0 Å². The summed E-state index contributed by atoms with van der Waals surface area (Å²) < 4.78 is 16.1. The van der Waals surface area contributed by atoms with Crippen LogP contribution >= 0.6 is 0 Å². The summed E-state index contributed by atoms with van der Waals surface area (Å²) in [6.07, 6.45) is 2.65. The van der Waals surface area contributed by atoms with E-state index in [1.54, 1.807) is 13.2 Å². The van der Waals surface area contributed by atoms with E-state index in [2.05, 4.69) is 27.8 Å². The maximum absolute atomic E-state index is 13.4. The molecule has 208 valence electrons. The van der Waals surface area contributed by atoms with Crippen molar-refractivity contribution >= 4 is 36.0 Å². The summed E-state index contributed by atoms with van der Waals surface area (Å²) in [5.74, 6) is -0.501. The molecule has 38 heavy (non-hydrogen) atoms. The molecule has 2 heterocycles. The quantitative estimate of drug-likeness (QED) is 0.246. The van der Waals surface area contributed by atoms with E-state index in [1.807, 2.05) is 32.0 Å². The maximum Gasteiger partial charge on any atom is 0.328 e. The first-order valence-electron chi connectivity index (χ1n) is 13.4. The van der Waals surface area contributed by atoms with Crippen LogP contribution in [0.5, 0.6) is 5.75 Å². The van der Waals surface area contributed by atoms with E-state index in [9.17, 15) is 14.4 Å². The lowest BCUT2D eigenvalue weighted by molar-refractivity contribution is -0.146. The second-order valence-electron chi connectivity index (χ2n) is 10.4. The van der Waals surface area contributed by atoms with Gasteiger partial charge in [0.05, 0.1) is 27.6 Å². The van der Waals surface area contributed by atoms with Crippen LogP contribution < -0.4 is 20.7 Å². The van der Waals surface area contributed by atoms with Crippen molar-refractivity contribution in [1.29, 1.82) is 0 Å². The number of amides is 2. The number of rotatable bonds is 12. The highest BCUT2D eigenvalue weighted by Crippen LogP contribution is 2.26. The Morgan fingerprint density at radius 2 is 1.97 bits per heavy atom. The van der Waals surface area contributed by atoms with Gasteiger partial charge in [-0.2, -0.15) is 0 Å². The maximum atomic E-state index is 13.4. The van der Waals surface area contributed by atoms with Crippen molar-refractivity contribution in [2.45, 2.75) is 64.4 Å². The molecule has 0 aliphatic carbocycles. The van der Waals surface area contributed by atoms with E-state index in [4.69, 9.17) is 14.2 Å². The van der Waals surface area contributed by atoms with Crippen LogP contribution in [0, 0.1) is 11.8 Å². The summed E-state index contributed by atoms with van der Waals surface area (Å²) in [7, 11) is 3.93. The molecule has 3 rings (SSSR count). The summed E-state index contributed by atoms with van der Waals surface area (Å²) >= 11 is 0. The molecule has 1 fully saturated rings. The largest absolute Gasteiger partial charge is 0.496 e. The fourth-order valence-electron chi connectivity index (χ4n) is 5.02. The minimum Gasteiger partial charge on any atom is -0.496 e. The van der Waals surface area contributed by atoms with Gasteiger partial charge in [-0.25, -0.2) is 4.79 Å². The molecule has 2 aromatic rings. The number of carbonyl (C=O) groups is 3. The van der Waals surface area contributed by atoms with Gasteiger partial charge in [-0.15, -0.1) is 0 Å². The second-order valence-corrected chi connectivity index (χ2v) is 10.4. The smallest absolute Gasteiger partial charge is 0.328 e. The van der Waals surface area contributed by atoms with E-state index in [-0.39, 0.29) is 11.8 Å². The summed E-state index contributed by atoms with van der Waals surface area (Å²) in [4.78, 5) is 42.3. The normalized spacial score (nSPS) is 19.3. The molecule has 1 aromatic heterocycles. The number of carbonyl (C=O) groups excluding carboxylic acids is 3. The Morgan fingerprint density at radius 1 is 1.18 bits per heavy atom. The lowest BCUT2D eigenvalue weighted by Crippen LogP contribution is -2.53. The van der Waals surface area contributed by atoms with Gasteiger partial charge in [0.1, 0.15) is 30.8 Å². The standard InChI is InChI=1S/C27H41BN4O6/c1-16(2)9-21(31-26(34)22-12-19-20(30-22)7-6-8-24(19)36-4)25(33)32-23(27(35)37-5)11-17-10-18(13-28-3)29-15-38-14-17/h6-8,12,16-18,21,23,28-30H,9-11,13-15H2,1-5H3,(H,31,34)(H,32,33)/t17-,18?,21-,23-/m0/s1. The Hall–Kier alpha value is -3.05. The van der Waals surface area contributed by atoms with Gasteiger partial charge >= 0.3 is 5.97 Å². The lowest BCUT2D eigenvalue weighted by Gasteiger charge is -2.26. The van der Waals surface area contributed by atoms with Crippen molar-refractivity contribution in [3.05, 3.63) is 30.0 Å². The van der Waals surface area contributed by atoms with E-state index >= 15 is 0 Å². The molecule has 0 bridgehead atoms. The Balaban J connectivity index is 1.73. The third-order valence-corrected chi connectivity index (χ3v) is 6.87. The number of esters is 1. The van der Waals surface area contributed by atoms with Gasteiger partial charge in [0.2, 0.25) is 5.91 Å². The first kappa shape index (κ1) is 29.5. The Bertz CT molecular complexity index is 1090. The molecule has 11 heteroatoms. The Labute approximate surface area is 225 Å². The average molecular weight is 528 g/mol. The van der Waals surface area contributed by atoms with Gasteiger partial charge < -0.3 is 29.8 Å². The molecule has 1 unspecified atom stereocenters. The van der Waals surface area contributed by atoms with Crippen molar-refractivity contribution in [2.24, 2.45) is 11.8 Å². The highest BCUT2D eigenvalue weighted by Gasteiger charge is 2.32. The molecule has 1 aliphatic heterocycles. The number of ether oxygens (including phenoxy) is 3. The predicted octanol–water partition coefficient (Wildman–Crippen LogP) is 2.22. The van der Waals surface area contributed by atoms with Gasteiger partial charge in [0.25, 0.3) is 5.91 Å². The Morgan fingerprint density at radius 3 is 2.66 bits per heavy atom. The van der Waals surface area contributed by atoms with Crippen LogP contribution in [0.25, 0.3) is 10.9 Å². The second kappa shape index (κ2) is 14.2. The molecular formula is C27H41BN4O6. The molecule has 1 aliphatic rings. The van der Waals surface area contributed by atoms with E-state index < -0.39 is 29.9 Å². The third-order valence-electron chi connectivity index (χ3n) is 6.87. The molecule has 0 spiro atoms. The van der Waals surface area contributed by atoms with E-state index in [0.717, 1.165) is 30.9 Å². The lowest BCUT2D eigenvalue weighted by atomic mass is 9.73. The fourth-order valence-corrected chi connectivity index (χ4v) is 5.02. The zero-order chi connectivity index (χ0) is 27.7. The summed E-state index contributed by atoms with van der Waals surface area (Å²) in [5.41, 5.74) is 1.08.